The monoisotopic (exact) mass is 272 g/mol. The maximum Gasteiger partial charge on any atom is 0.240 e. The SMILES string of the molecule is CCc1cccc2ccn(CC(=O)NC(C)(C)CC)c12. The van der Waals surface area contributed by atoms with Crippen molar-refractivity contribution in [3.8, 4) is 0 Å². The standard InChI is InChI=1S/C17H24N2O/c1-5-13-8-7-9-14-10-11-19(16(13)14)12-15(20)18-17(3,4)6-2/h7-11H,5-6,12H2,1-4H3,(H,18,20). The van der Waals surface area contributed by atoms with Crippen LogP contribution in [0.25, 0.3) is 10.9 Å². The lowest BCUT2D eigenvalue weighted by atomic mass is 10.0. The van der Waals surface area contributed by atoms with Crippen LogP contribution in [0.3, 0.4) is 0 Å². The van der Waals surface area contributed by atoms with Crippen molar-refractivity contribution in [1.29, 1.82) is 0 Å². The first-order chi connectivity index (χ1) is 9.46. The summed E-state index contributed by atoms with van der Waals surface area (Å²) in [5.41, 5.74) is 2.32. The zero-order valence-electron chi connectivity index (χ0n) is 12.9. The van der Waals surface area contributed by atoms with Gasteiger partial charge in [-0.2, -0.15) is 0 Å². The highest BCUT2D eigenvalue weighted by molar-refractivity contribution is 5.86. The number of amides is 1. The van der Waals surface area contributed by atoms with Gasteiger partial charge in [-0.1, -0.05) is 32.0 Å². The first-order valence-electron chi connectivity index (χ1n) is 7.34. The van der Waals surface area contributed by atoms with Crippen molar-refractivity contribution in [3.63, 3.8) is 0 Å². The molecular weight excluding hydrogens is 248 g/mol. The molecule has 108 valence electrons. The summed E-state index contributed by atoms with van der Waals surface area (Å²) in [5, 5.41) is 4.29. The summed E-state index contributed by atoms with van der Waals surface area (Å²) in [6, 6.07) is 8.38. The Labute approximate surface area is 121 Å². The summed E-state index contributed by atoms with van der Waals surface area (Å²) < 4.78 is 2.05. The van der Waals surface area contributed by atoms with Crippen LogP contribution in [0.2, 0.25) is 0 Å². The van der Waals surface area contributed by atoms with Crippen molar-refractivity contribution in [1.82, 2.24) is 9.88 Å². The van der Waals surface area contributed by atoms with Crippen LogP contribution in [0.4, 0.5) is 0 Å². The number of nitrogens with zero attached hydrogens (tertiary/aromatic N) is 1. The highest BCUT2D eigenvalue weighted by Gasteiger charge is 2.18. The van der Waals surface area contributed by atoms with Gasteiger partial charge in [-0.05, 0) is 43.7 Å². The number of nitrogens with one attached hydrogen (secondary N) is 1. The molecule has 0 aliphatic heterocycles. The van der Waals surface area contributed by atoms with E-state index in [2.05, 4.69) is 61.8 Å². The molecule has 0 radical (unpaired) electrons. The quantitative estimate of drug-likeness (QED) is 0.888. The van der Waals surface area contributed by atoms with E-state index in [4.69, 9.17) is 0 Å². The molecule has 1 heterocycles. The number of aromatic nitrogens is 1. The number of hydrogen-bond acceptors (Lipinski definition) is 1. The summed E-state index contributed by atoms with van der Waals surface area (Å²) in [4.78, 5) is 12.2. The Morgan fingerprint density at radius 1 is 1.25 bits per heavy atom. The molecule has 0 saturated carbocycles. The fourth-order valence-corrected chi connectivity index (χ4v) is 2.42. The lowest BCUT2D eigenvalue weighted by Gasteiger charge is -2.24. The van der Waals surface area contributed by atoms with Crippen molar-refractivity contribution in [2.24, 2.45) is 0 Å². The van der Waals surface area contributed by atoms with Crippen molar-refractivity contribution in [3.05, 3.63) is 36.0 Å². The molecular formula is C17H24N2O. The van der Waals surface area contributed by atoms with Crippen LogP contribution in [-0.4, -0.2) is 16.0 Å². The lowest BCUT2D eigenvalue weighted by molar-refractivity contribution is -0.123. The van der Waals surface area contributed by atoms with E-state index in [1.54, 1.807) is 0 Å². The number of carbonyl (C=O) groups excluding carboxylic acids is 1. The van der Waals surface area contributed by atoms with Gasteiger partial charge in [0, 0.05) is 11.7 Å². The molecule has 0 aliphatic carbocycles. The van der Waals surface area contributed by atoms with Gasteiger partial charge in [0.15, 0.2) is 0 Å². The Balaban J connectivity index is 2.24. The Kier molecular flexibility index (Phi) is 4.17. The van der Waals surface area contributed by atoms with E-state index in [9.17, 15) is 4.79 Å². The Bertz CT molecular complexity index is 610. The third-order valence-corrected chi connectivity index (χ3v) is 3.93. The van der Waals surface area contributed by atoms with Gasteiger partial charge in [-0.15, -0.1) is 0 Å². The van der Waals surface area contributed by atoms with Crippen LogP contribution >= 0.6 is 0 Å². The Hall–Kier alpha value is -1.77. The van der Waals surface area contributed by atoms with E-state index in [0.717, 1.165) is 12.8 Å². The first kappa shape index (κ1) is 14.6. The number of para-hydroxylation sites is 1. The number of hydrogen-bond donors (Lipinski definition) is 1. The maximum absolute atomic E-state index is 12.2. The summed E-state index contributed by atoms with van der Waals surface area (Å²) in [5.74, 6) is 0.0697. The third-order valence-electron chi connectivity index (χ3n) is 3.93. The van der Waals surface area contributed by atoms with Crippen LogP contribution in [0, 0.1) is 0 Å². The van der Waals surface area contributed by atoms with Gasteiger partial charge in [0.1, 0.15) is 6.54 Å². The van der Waals surface area contributed by atoms with Crippen molar-refractivity contribution in [2.45, 2.75) is 52.6 Å². The van der Waals surface area contributed by atoms with Crippen LogP contribution < -0.4 is 5.32 Å². The Morgan fingerprint density at radius 2 is 2.00 bits per heavy atom. The second-order valence-electron chi connectivity index (χ2n) is 5.94. The average Bonchev–Trinajstić information content (AvgIpc) is 2.81. The van der Waals surface area contributed by atoms with Gasteiger partial charge < -0.3 is 9.88 Å². The second-order valence-corrected chi connectivity index (χ2v) is 5.94. The van der Waals surface area contributed by atoms with E-state index >= 15 is 0 Å². The smallest absolute Gasteiger partial charge is 0.240 e. The summed E-state index contributed by atoms with van der Waals surface area (Å²) in [6.45, 7) is 8.71. The molecule has 3 heteroatoms. The second kappa shape index (κ2) is 5.70. The molecule has 1 amide bonds. The summed E-state index contributed by atoms with van der Waals surface area (Å²) in [6.07, 6.45) is 3.90. The first-order valence-corrected chi connectivity index (χ1v) is 7.34. The molecule has 1 N–H and O–H groups in total. The summed E-state index contributed by atoms with van der Waals surface area (Å²) >= 11 is 0. The highest BCUT2D eigenvalue weighted by Crippen LogP contribution is 2.21. The van der Waals surface area contributed by atoms with E-state index in [1.807, 2.05) is 6.20 Å². The van der Waals surface area contributed by atoms with E-state index in [-0.39, 0.29) is 11.4 Å². The lowest BCUT2D eigenvalue weighted by Crippen LogP contribution is -2.44. The minimum atomic E-state index is -0.145. The van der Waals surface area contributed by atoms with Gasteiger partial charge in [0.2, 0.25) is 5.91 Å². The van der Waals surface area contributed by atoms with Gasteiger partial charge >= 0.3 is 0 Å². The molecule has 0 spiro atoms. The fourth-order valence-electron chi connectivity index (χ4n) is 2.42. The molecule has 0 unspecified atom stereocenters. The van der Waals surface area contributed by atoms with Crippen LogP contribution in [-0.2, 0) is 17.8 Å². The molecule has 3 nitrogen and oxygen atoms in total. The van der Waals surface area contributed by atoms with Gasteiger partial charge in [-0.25, -0.2) is 0 Å². The maximum atomic E-state index is 12.2. The minimum Gasteiger partial charge on any atom is -0.350 e. The average molecular weight is 272 g/mol. The molecule has 0 saturated heterocycles. The number of benzene rings is 1. The van der Waals surface area contributed by atoms with Crippen molar-refractivity contribution in [2.75, 3.05) is 0 Å². The minimum absolute atomic E-state index is 0.0697. The highest BCUT2D eigenvalue weighted by atomic mass is 16.2. The molecule has 2 rings (SSSR count). The van der Waals surface area contributed by atoms with Gasteiger partial charge in [0.25, 0.3) is 0 Å². The molecule has 0 bridgehead atoms. The number of rotatable bonds is 5. The van der Waals surface area contributed by atoms with Crippen molar-refractivity contribution >= 4 is 16.8 Å². The predicted octanol–water partition coefficient (Wildman–Crippen LogP) is 3.51. The largest absolute Gasteiger partial charge is 0.350 e. The van der Waals surface area contributed by atoms with Gasteiger partial charge in [0.05, 0.1) is 5.52 Å². The molecule has 0 atom stereocenters. The van der Waals surface area contributed by atoms with Crippen LogP contribution in [0.15, 0.2) is 30.5 Å². The van der Waals surface area contributed by atoms with E-state index < -0.39 is 0 Å². The zero-order valence-corrected chi connectivity index (χ0v) is 12.9. The Morgan fingerprint density at radius 3 is 2.65 bits per heavy atom. The number of carbonyl (C=O) groups is 1. The normalized spacial score (nSPS) is 11.8. The van der Waals surface area contributed by atoms with Crippen molar-refractivity contribution < 1.29 is 4.79 Å². The summed E-state index contributed by atoms with van der Waals surface area (Å²) in [7, 11) is 0. The predicted molar refractivity (Wildman–Crippen MR) is 83.8 cm³/mol. The number of fused-ring (bicyclic) bond motifs is 1. The van der Waals surface area contributed by atoms with E-state index in [1.165, 1.54) is 16.5 Å². The van der Waals surface area contributed by atoms with Crippen LogP contribution in [0.5, 0.6) is 0 Å². The zero-order chi connectivity index (χ0) is 14.8. The molecule has 0 aliphatic rings. The van der Waals surface area contributed by atoms with Gasteiger partial charge in [-0.3, -0.25) is 4.79 Å². The van der Waals surface area contributed by atoms with Crippen LogP contribution in [0.1, 0.15) is 39.7 Å². The molecule has 2 aromatic rings. The molecule has 20 heavy (non-hydrogen) atoms. The van der Waals surface area contributed by atoms with E-state index in [0.29, 0.717) is 6.54 Å². The molecule has 1 aromatic heterocycles. The fraction of sp³-hybridized carbons (Fsp3) is 0.471. The number of aryl methyl sites for hydroxylation is 1. The topological polar surface area (TPSA) is 34.0 Å². The third kappa shape index (κ3) is 3.03. The molecule has 1 aromatic carbocycles. The molecule has 0 fully saturated rings.